The minimum absolute atomic E-state index is 0.214. The Hall–Kier alpha value is -0.380. The third-order valence-electron chi connectivity index (χ3n) is 0.787. The molecule has 0 aromatic heterocycles. The zero-order valence-corrected chi connectivity index (χ0v) is 7.37. The average molecular weight is 182 g/mol. The van der Waals surface area contributed by atoms with E-state index in [4.69, 9.17) is 4.52 Å². The number of ether oxygens (including phenoxy) is 1. The van der Waals surface area contributed by atoms with Crippen molar-refractivity contribution in [3.05, 3.63) is 0 Å². The van der Waals surface area contributed by atoms with Crippen molar-refractivity contribution in [2.24, 2.45) is 0 Å². The molecule has 11 heavy (non-hydrogen) atoms. The van der Waals surface area contributed by atoms with E-state index in [1.807, 2.05) is 0 Å². The minimum Gasteiger partial charge on any atom is -0.440 e. The van der Waals surface area contributed by atoms with Crippen molar-refractivity contribution in [1.29, 1.82) is 0 Å². The van der Waals surface area contributed by atoms with Gasteiger partial charge in [-0.1, -0.05) is 0 Å². The van der Waals surface area contributed by atoms with E-state index in [-0.39, 0.29) is 13.3 Å². The Morgan fingerprint density at radius 2 is 2.09 bits per heavy atom. The summed E-state index contributed by atoms with van der Waals surface area (Å²) < 4.78 is 24.5. The molecule has 0 spiro atoms. The molecule has 66 valence electrons. The number of carbonyl (C=O) groups excluding carboxylic acids is 1. The predicted octanol–water partition coefficient (Wildman–Crippen LogP) is 0.993. The highest BCUT2D eigenvalue weighted by molar-refractivity contribution is 7.52. The highest BCUT2D eigenvalue weighted by Crippen LogP contribution is 2.43. The first-order chi connectivity index (χ1) is 5.12. The van der Waals surface area contributed by atoms with Gasteiger partial charge in [-0.05, 0) is 6.92 Å². The molecule has 1 unspecified atom stereocenters. The monoisotopic (exact) mass is 182 g/mol. The van der Waals surface area contributed by atoms with Crippen LogP contribution in [-0.4, -0.2) is 26.5 Å². The summed E-state index contributed by atoms with van der Waals surface area (Å²) in [5.74, 6) is 0. The van der Waals surface area contributed by atoms with Gasteiger partial charge < -0.3 is 9.26 Å². The summed E-state index contributed by atoms with van der Waals surface area (Å²) >= 11 is 0. The molecule has 0 saturated heterocycles. The quantitative estimate of drug-likeness (QED) is 0.265. The first-order valence-corrected chi connectivity index (χ1v) is 5.03. The van der Waals surface area contributed by atoms with Gasteiger partial charge in [-0.15, -0.1) is 0 Å². The van der Waals surface area contributed by atoms with E-state index in [0.717, 1.165) is 0 Å². The molecule has 0 aromatic carbocycles. The zero-order chi connectivity index (χ0) is 8.74. The van der Waals surface area contributed by atoms with Crippen molar-refractivity contribution in [1.82, 2.24) is 0 Å². The van der Waals surface area contributed by atoms with Gasteiger partial charge in [-0.3, -0.25) is 13.9 Å². The van der Waals surface area contributed by atoms with Gasteiger partial charge in [-0.2, -0.15) is 0 Å². The predicted molar refractivity (Wildman–Crippen MR) is 38.3 cm³/mol. The molecular formula is C5H11O5P. The molecule has 0 saturated carbocycles. The third-order valence-corrected chi connectivity index (χ3v) is 2.09. The van der Waals surface area contributed by atoms with Crippen LogP contribution in [0.5, 0.6) is 0 Å². The Morgan fingerprint density at radius 3 is 2.55 bits per heavy atom. The third kappa shape index (κ3) is 6.04. The molecule has 0 heterocycles. The summed E-state index contributed by atoms with van der Waals surface area (Å²) in [6, 6.07) is 0. The zero-order valence-electron chi connectivity index (χ0n) is 6.48. The van der Waals surface area contributed by atoms with Crippen molar-refractivity contribution < 1.29 is 23.1 Å². The maximum Gasteiger partial charge on any atom is 0.330 e. The molecule has 0 aliphatic heterocycles. The van der Waals surface area contributed by atoms with Crippen LogP contribution in [-0.2, 0) is 23.1 Å². The second kappa shape index (κ2) is 5.29. The normalized spacial score (nSPS) is 15.5. The van der Waals surface area contributed by atoms with Crippen LogP contribution in [0.15, 0.2) is 0 Å². The van der Waals surface area contributed by atoms with E-state index in [1.165, 1.54) is 6.66 Å². The summed E-state index contributed by atoms with van der Waals surface area (Å²) in [6.07, 6.45) is 0. The molecule has 0 N–H and O–H groups in total. The van der Waals surface area contributed by atoms with Crippen LogP contribution in [0.4, 0.5) is 0 Å². The van der Waals surface area contributed by atoms with Crippen LogP contribution in [0.25, 0.3) is 0 Å². The van der Waals surface area contributed by atoms with Crippen LogP contribution in [0.3, 0.4) is 0 Å². The van der Waals surface area contributed by atoms with Gasteiger partial charge in [0.1, 0.15) is 0 Å². The molecule has 0 aliphatic carbocycles. The van der Waals surface area contributed by atoms with Gasteiger partial charge in [0.25, 0.3) is 6.47 Å². The number of carbonyl (C=O) groups is 1. The topological polar surface area (TPSA) is 61.8 Å². The summed E-state index contributed by atoms with van der Waals surface area (Å²) in [4.78, 5) is 9.62. The van der Waals surface area contributed by atoms with Crippen LogP contribution in [0.1, 0.15) is 6.92 Å². The van der Waals surface area contributed by atoms with Crippen molar-refractivity contribution in [2.75, 3.05) is 20.1 Å². The smallest absolute Gasteiger partial charge is 0.330 e. The fourth-order valence-corrected chi connectivity index (χ4v) is 1.22. The second-order valence-corrected chi connectivity index (χ2v) is 3.76. The lowest BCUT2D eigenvalue weighted by molar-refractivity contribution is -0.134. The molecule has 0 amide bonds. The van der Waals surface area contributed by atoms with E-state index < -0.39 is 7.60 Å². The van der Waals surface area contributed by atoms with Gasteiger partial charge in [0, 0.05) is 6.66 Å². The van der Waals surface area contributed by atoms with E-state index in [0.29, 0.717) is 6.61 Å². The molecule has 0 aliphatic rings. The summed E-state index contributed by atoms with van der Waals surface area (Å²) in [6.45, 7) is 3.18. The molecule has 0 fully saturated rings. The molecule has 0 radical (unpaired) electrons. The van der Waals surface area contributed by atoms with Crippen LogP contribution in [0.2, 0.25) is 0 Å². The lowest BCUT2D eigenvalue weighted by Crippen LogP contribution is -1.98. The van der Waals surface area contributed by atoms with Crippen LogP contribution < -0.4 is 0 Å². The van der Waals surface area contributed by atoms with E-state index in [1.54, 1.807) is 6.92 Å². The molecule has 0 rings (SSSR count). The van der Waals surface area contributed by atoms with Crippen molar-refractivity contribution in [3.8, 4) is 0 Å². The molecule has 0 bridgehead atoms. The van der Waals surface area contributed by atoms with E-state index in [9.17, 15) is 9.36 Å². The molecule has 1 atom stereocenters. The Morgan fingerprint density at radius 1 is 1.45 bits per heavy atom. The standard InChI is InChI=1S/C5H11O5P/c1-3-9-11(2,7)10-5-8-4-6/h4H,3,5H2,1-2H3. The SMILES string of the molecule is CCOP(C)(=O)OCOC=O. The minimum atomic E-state index is -3.01. The molecular weight excluding hydrogens is 171 g/mol. The molecule has 6 heteroatoms. The Balaban J connectivity index is 3.54. The first kappa shape index (κ1) is 10.6. The van der Waals surface area contributed by atoms with Gasteiger partial charge in [-0.25, -0.2) is 0 Å². The summed E-state index contributed by atoms with van der Waals surface area (Å²) in [5.41, 5.74) is 0. The molecule has 5 nitrogen and oxygen atoms in total. The van der Waals surface area contributed by atoms with Gasteiger partial charge >= 0.3 is 7.60 Å². The average Bonchev–Trinajstić information content (AvgIpc) is 1.87. The Labute approximate surface area is 65.2 Å². The lowest BCUT2D eigenvalue weighted by Gasteiger charge is -2.10. The molecule has 0 aromatic rings. The largest absolute Gasteiger partial charge is 0.440 e. The van der Waals surface area contributed by atoms with Crippen molar-refractivity contribution >= 4 is 14.1 Å². The maximum absolute atomic E-state index is 11.0. The number of rotatable bonds is 6. The maximum atomic E-state index is 11.0. The van der Waals surface area contributed by atoms with Crippen LogP contribution in [0, 0.1) is 0 Å². The second-order valence-electron chi connectivity index (χ2n) is 1.70. The fraction of sp³-hybridized carbons (Fsp3) is 0.800. The number of hydrogen-bond donors (Lipinski definition) is 0. The fourth-order valence-electron chi connectivity index (χ4n) is 0.426. The van der Waals surface area contributed by atoms with Gasteiger partial charge in [0.05, 0.1) is 6.61 Å². The van der Waals surface area contributed by atoms with Crippen molar-refractivity contribution in [3.63, 3.8) is 0 Å². The Kier molecular flexibility index (Phi) is 5.11. The lowest BCUT2D eigenvalue weighted by atomic mass is 10.9. The van der Waals surface area contributed by atoms with Gasteiger partial charge in [0.15, 0.2) is 0 Å². The first-order valence-electron chi connectivity index (χ1n) is 3.04. The number of hydrogen-bond acceptors (Lipinski definition) is 5. The summed E-state index contributed by atoms with van der Waals surface area (Å²) in [5, 5.41) is 0. The van der Waals surface area contributed by atoms with Gasteiger partial charge in [0.2, 0.25) is 6.79 Å². The van der Waals surface area contributed by atoms with Crippen LogP contribution >= 0.6 is 7.60 Å². The Bertz CT molecular complexity index is 157. The highest BCUT2D eigenvalue weighted by atomic mass is 31.2. The van der Waals surface area contributed by atoms with E-state index >= 15 is 0 Å². The summed E-state index contributed by atoms with van der Waals surface area (Å²) in [7, 11) is -3.01. The van der Waals surface area contributed by atoms with E-state index in [2.05, 4.69) is 9.26 Å². The van der Waals surface area contributed by atoms with Crippen molar-refractivity contribution in [2.45, 2.75) is 6.92 Å². The highest BCUT2D eigenvalue weighted by Gasteiger charge is 2.15.